The molecule has 6 nitrogen and oxygen atoms in total. The first-order valence-electron chi connectivity index (χ1n) is 5.28. The summed E-state index contributed by atoms with van der Waals surface area (Å²) in [6.07, 6.45) is 0. The number of hydrogen-bond donors (Lipinski definition) is 3. The molecular formula is C12H12N2O4. The summed E-state index contributed by atoms with van der Waals surface area (Å²) in [4.78, 5) is 25.1. The number of ether oxygens (including phenoxy) is 1. The van der Waals surface area contributed by atoms with Gasteiger partial charge in [-0.1, -0.05) is 0 Å². The molecule has 3 N–H and O–H groups in total. The number of hydrogen-bond acceptors (Lipinski definition) is 5. The molecule has 0 saturated heterocycles. The highest BCUT2D eigenvalue weighted by atomic mass is 16.5. The molecule has 0 aliphatic heterocycles. The van der Waals surface area contributed by atoms with Crippen LogP contribution in [0.25, 0.3) is 10.9 Å². The van der Waals surface area contributed by atoms with Crippen LogP contribution < -0.4 is 15.6 Å². The van der Waals surface area contributed by atoms with Crippen LogP contribution in [-0.2, 0) is 4.79 Å². The fourth-order valence-electron chi connectivity index (χ4n) is 1.66. The number of esters is 1. The van der Waals surface area contributed by atoms with Crippen molar-refractivity contribution in [2.75, 3.05) is 12.4 Å². The summed E-state index contributed by atoms with van der Waals surface area (Å²) in [5.74, 6) is -1.39. The lowest BCUT2D eigenvalue weighted by atomic mass is 10.2. The second kappa shape index (κ2) is 4.40. The van der Waals surface area contributed by atoms with Gasteiger partial charge in [0.2, 0.25) is 5.75 Å². The van der Waals surface area contributed by atoms with E-state index < -0.39 is 11.5 Å². The second-order valence-electron chi connectivity index (χ2n) is 3.74. The van der Waals surface area contributed by atoms with Crippen molar-refractivity contribution in [2.24, 2.45) is 0 Å². The first-order valence-corrected chi connectivity index (χ1v) is 5.28. The van der Waals surface area contributed by atoms with Gasteiger partial charge in [0.1, 0.15) is 0 Å². The number of aromatic hydroxyl groups is 1. The minimum absolute atomic E-state index is 0.341. The molecule has 0 aliphatic rings. The van der Waals surface area contributed by atoms with Gasteiger partial charge in [-0.2, -0.15) is 0 Å². The van der Waals surface area contributed by atoms with Crippen LogP contribution in [-0.4, -0.2) is 23.1 Å². The van der Waals surface area contributed by atoms with Crippen molar-refractivity contribution in [3.8, 4) is 11.5 Å². The van der Waals surface area contributed by atoms with Gasteiger partial charge in [0.25, 0.3) is 5.56 Å². The average Bonchev–Trinajstić information content (AvgIpc) is 2.33. The molecule has 0 amide bonds. The number of aromatic nitrogens is 1. The van der Waals surface area contributed by atoms with Crippen molar-refractivity contribution in [3.63, 3.8) is 0 Å². The van der Waals surface area contributed by atoms with Gasteiger partial charge in [-0.25, -0.2) is 0 Å². The molecule has 0 bridgehead atoms. The molecular weight excluding hydrogens is 236 g/mol. The van der Waals surface area contributed by atoms with E-state index in [1.807, 2.05) is 0 Å². The molecule has 0 saturated carbocycles. The van der Waals surface area contributed by atoms with Gasteiger partial charge in [0.15, 0.2) is 5.75 Å². The highest BCUT2D eigenvalue weighted by Gasteiger charge is 2.15. The van der Waals surface area contributed by atoms with E-state index in [1.54, 1.807) is 25.2 Å². The summed E-state index contributed by atoms with van der Waals surface area (Å²) in [5, 5.41) is 13.2. The zero-order chi connectivity index (χ0) is 13.3. The number of carbonyl (C=O) groups excluding carboxylic acids is 1. The molecule has 1 heterocycles. The lowest BCUT2D eigenvalue weighted by Crippen LogP contribution is -2.14. The van der Waals surface area contributed by atoms with E-state index in [9.17, 15) is 14.7 Å². The Balaban J connectivity index is 2.71. The number of aromatic amines is 1. The van der Waals surface area contributed by atoms with Crippen LogP contribution in [0, 0.1) is 0 Å². The highest BCUT2D eigenvalue weighted by Crippen LogP contribution is 2.31. The lowest BCUT2D eigenvalue weighted by molar-refractivity contribution is -0.132. The van der Waals surface area contributed by atoms with Gasteiger partial charge in [0.05, 0.1) is 5.52 Å². The van der Waals surface area contributed by atoms with E-state index in [0.717, 1.165) is 12.6 Å². The van der Waals surface area contributed by atoms with Crippen molar-refractivity contribution in [2.45, 2.75) is 6.92 Å². The monoisotopic (exact) mass is 248 g/mol. The number of pyridine rings is 1. The molecule has 94 valence electrons. The molecule has 0 aliphatic carbocycles. The normalized spacial score (nSPS) is 10.3. The van der Waals surface area contributed by atoms with Crippen molar-refractivity contribution < 1.29 is 14.6 Å². The van der Waals surface area contributed by atoms with E-state index in [2.05, 4.69) is 10.3 Å². The molecule has 18 heavy (non-hydrogen) atoms. The third-order valence-corrected chi connectivity index (χ3v) is 2.48. The standard InChI is InChI=1S/C12H12N2O4/c1-6(15)18-11-10(16)8-4-3-7(13-2)5-9(8)14-12(11)17/h3-5,13H,1-2H3,(H2,14,16,17). The van der Waals surface area contributed by atoms with Crippen molar-refractivity contribution in [3.05, 3.63) is 28.6 Å². The Kier molecular flexibility index (Phi) is 2.93. The largest absolute Gasteiger partial charge is 0.504 e. The summed E-state index contributed by atoms with van der Waals surface area (Å²) in [6, 6.07) is 5.03. The van der Waals surface area contributed by atoms with Crippen LogP contribution in [0.1, 0.15) is 6.92 Å². The third kappa shape index (κ3) is 2.00. The van der Waals surface area contributed by atoms with E-state index in [1.165, 1.54) is 0 Å². The van der Waals surface area contributed by atoms with Crippen LogP contribution in [0.2, 0.25) is 0 Å². The quantitative estimate of drug-likeness (QED) is 0.694. The van der Waals surface area contributed by atoms with Crippen molar-refractivity contribution in [1.29, 1.82) is 0 Å². The van der Waals surface area contributed by atoms with Crippen LogP contribution >= 0.6 is 0 Å². The fourth-order valence-corrected chi connectivity index (χ4v) is 1.66. The maximum atomic E-state index is 11.7. The number of rotatable bonds is 2. The SMILES string of the molecule is CNc1ccc2c(O)c(OC(C)=O)c(=O)[nH]c2c1. The summed E-state index contributed by atoms with van der Waals surface area (Å²) in [6.45, 7) is 1.16. The number of H-pyrrole nitrogens is 1. The predicted molar refractivity (Wildman–Crippen MR) is 67.1 cm³/mol. The van der Waals surface area contributed by atoms with Gasteiger partial charge in [-0.3, -0.25) is 9.59 Å². The summed E-state index contributed by atoms with van der Waals surface area (Å²) in [7, 11) is 1.74. The molecule has 0 fully saturated rings. The molecule has 0 atom stereocenters. The molecule has 0 unspecified atom stereocenters. The minimum atomic E-state index is -0.665. The minimum Gasteiger partial charge on any atom is -0.504 e. The maximum Gasteiger partial charge on any atom is 0.308 e. The average molecular weight is 248 g/mol. The first-order chi connectivity index (χ1) is 8.52. The highest BCUT2D eigenvalue weighted by molar-refractivity contribution is 5.90. The van der Waals surface area contributed by atoms with Gasteiger partial charge in [-0.05, 0) is 18.2 Å². The topological polar surface area (TPSA) is 91.4 Å². The van der Waals surface area contributed by atoms with E-state index >= 15 is 0 Å². The van der Waals surface area contributed by atoms with E-state index in [-0.39, 0.29) is 11.5 Å². The molecule has 0 radical (unpaired) electrons. The summed E-state index contributed by atoms with van der Waals surface area (Å²) >= 11 is 0. The number of nitrogens with one attached hydrogen (secondary N) is 2. The zero-order valence-corrected chi connectivity index (χ0v) is 9.90. The Morgan fingerprint density at radius 3 is 2.78 bits per heavy atom. The summed E-state index contributed by atoms with van der Waals surface area (Å²) in [5.41, 5.74) is 0.599. The molecule has 6 heteroatoms. The molecule has 2 rings (SSSR count). The number of benzene rings is 1. The Hall–Kier alpha value is -2.50. The van der Waals surface area contributed by atoms with Gasteiger partial charge in [0, 0.05) is 25.0 Å². The number of anilines is 1. The lowest BCUT2D eigenvalue weighted by Gasteiger charge is -2.08. The van der Waals surface area contributed by atoms with Gasteiger partial charge >= 0.3 is 5.97 Å². The third-order valence-electron chi connectivity index (χ3n) is 2.48. The Bertz CT molecular complexity index is 676. The van der Waals surface area contributed by atoms with Crippen LogP contribution in [0.3, 0.4) is 0 Å². The van der Waals surface area contributed by atoms with Crippen molar-refractivity contribution >= 4 is 22.6 Å². The number of carbonyl (C=O) groups is 1. The van der Waals surface area contributed by atoms with E-state index in [0.29, 0.717) is 10.9 Å². The van der Waals surface area contributed by atoms with Crippen molar-refractivity contribution in [1.82, 2.24) is 4.98 Å². The van der Waals surface area contributed by atoms with E-state index in [4.69, 9.17) is 4.74 Å². The first kappa shape index (κ1) is 12.0. The Morgan fingerprint density at radius 1 is 1.44 bits per heavy atom. The molecule has 0 spiro atoms. The Morgan fingerprint density at radius 2 is 2.17 bits per heavy atom. The van der Waals surface area contributed by atoms with Crippen LogP contribution in [0.15, 0.2) is 23.0 Å². The fraction of sp³-hybridized carbons (Fsp3) is 0.167. The van der Waals surface area contributed by atoms with Crippen LogP contribution in [0.4, 0.5) is 5.69 Å². The van der Waals surface area contributed by atoms with Gasteiger partial charge in [-0.15, -0.1) is 0 Å². The van der Waals surface area contributed by atoms with Crippen LogP contribution in [0.5, 0.6) is 11.5 Å². The summed E-state index contributed by atoms with van der Waals surface area (Å²) < 4.78 is 4.69. The zero-order valence-electron chi connectivity index (χ0n) is 9.90. The molecule has 1 aromatic carbocycles. The molecule has 2 aromatic rings. The Labute approximate surface area is 102 Å². The number of fused-ring (bicyclic) bond motifs is 1. The molecule has 1 aromatic heterocycles. The second-order valence-corrected chi connectivity index (χ2v) is 3.74. The smallest absolute Gasteiger partial charge is 0.308 e. The maximum absolute atomic E-state index is 11.7. The van der Waals surface area contributed by atoms with Gasteiger partial charge < -0.3 is 20.1 Å². The predicted octanol–water partition coefficient (Wildman–Crippen LogP) is 1.20.